The lowest BCUT2D eigenvalue weighted by molar-refractivity contribution is 0.0925. The number of aliphatic imine (C=N–C) groups is 1. The molecule has 148 valence electrons. The first-order chi connectivity index (χ1) is 12.6. The second-order valence-corrected chi connectivity index (χ2v) is 7.42. The van der Waals surface area contributed by atoms with Gasteiger partial charge in [-0.2, -0.15) is 5.10 Å². The minimum atomic E-state index is 0.503. The molecule has 1 fully saturated rings. The van der Waals surface area contributed by atoms with Crippen molar-refractivity contribution in [1.29, 1.82) is 0 Å². The molecule has 2 N–H and O–H groups in total. The quantitative estimate of drug-likeness (QED) is 0.391. The molecule has 0 spiro atoms. The molecule has 1 aliphatic rings. The summed E-state index contributed by atoms with van der Waals surface area (Å²) in [6.07, 6.45) is 4.85. The molecule has 1 atom stereocenters. The number of hydrogen-bond donors (Lipinski definition) is 2. The van der Waals surface area contributed by atoms with E-state index in [-0.39, 0.29) is 0 Å². The van der Waals surface area contributed by atoms with Gasteiger partial charge in [0, 0.05) is 64.2 Å². The molecule has 1 aliphatic heterocycles. The summed E-state index contributed by atoms with van der Waals surface area (Å²) >= 11 is 0. The predicted octanol–water partition coefficient (Wildman–Crippen LogP) is 1.10. The molecule has 0 aromatic carbocycles. The van der Waals surface area contributed by atoms with Gasteiger partial charge in [-0.15, -0.1) is 0 Å². The Morgan fingerprint density at radius 2 is 1.96 bits per heavy atom. The molecule has 0 radical (unpaired) electrons. The lowest BCUT2D eigenvalue weighted by Gasteiger charge is -2.39. The van der Waals surface area contributed by atoms with Crippen molar-refractivity contribution >= 4 is 5.96 Å². The summed E-state index contributed by atoms with van der Waals surface area (Å²) < 4.78 is 1.97. The van der Waals surface area contributed by atoms with Gasteiger partial charge in [-0.3, -0.25) is 14.6 Å². The highest BCUT2D eigenvalue weighted by atomic mass is 15.3. The second-order valence-electron chi connectivity index (χ2n) is 7.42. The third-order valence-electron chi connectivity index (χ3n) is 4.97. The number of rotatable bonds is 9. The van der Waals surface area contributed by atoms with Gasteiger partial charge < -0.3 is 15.5 Å². The maximum absolute atomic E-state index is 4.88. The van der Waals surface area contributed by atoms with Gasteiger partial charge in [-0.05, 0) is 32.4 Å². The van der Waals surface area contributed by atoms with Gasteiger partial charge in [0.05, 0.1) is 6.54 Å². The van der Waals surface area contributed by atoms with Crippen molar-refractivity contribution in [2.45, 2.75) is 39.8 Å². The number of aromatic nitrogens is 2. The number of hydrogen-bond acceptors (Lipinski definition) is 4. The van der Waals surface area contributed by atoms with E-state index in [1.807, 2.05) is 23.1 Å². The minimum absolute atomic E-state index is 0.503. The summed E-state index contributed by atoms with van der Waals surface area (Å²) in [6.45, 7) is 14.9. The molecule has 7 nitrogen and oxygen atoms in total. The molecule has 2 rings (SSSR count). The fourth-order valence-electron chi connectivity index (χ4n) is 3.31. The van der Waals surface area contributed by atoms with Gasteiger partial charge in [-0.1, -0.05) is 13.8 Å². The summed E-state index contributed by atoms with van der Waals surface area (Å²) in [6, 6.07) is 2.46. The van der Waals surface area contributed by atoms with Gasteiger partial charge in [0.25, 0.3) is 0 Å². The third-order valence-corrected chi connectivity index (χ3v) is 4.97. The minimum Gasteiger partial charge on any atom is -0.357 e. The van der Waals surface area contributed by atoms with Crippen LogP contribution in [0.15, 0.2) is 23.5 Å². The fourth-order valence-corrected chi connectivity index (χ4v) is 3.31. The third kappa shape index (κ3) is 6.96. The molecule has 0 saturated carbocycles. The Bertz CT molecular complexity index is 504. The van der Waals surface area contributed by atoms with Crippen LogP contribution < -0.4 is 10.6 Å². The Hall–Kier alpha value is -1.60. The van der Waals surface area contributed by atoms with Crippen molar-refractivity contribution in [2.24, 2.45) is 10.9 Å². The van der Waals surface area contributed by atoms with Crippen LogP contribution in [0.2, 0.25) is 0 Å². The normalized spacial score (nSPS) is 18.3. The maximum Gasteiger partial charge on any atom is 0.191 e. The van der Waals surface area contributed by atoms with Crippen LogP contribution in [-0.2, 0) is 6.54 Å². The first-order valence-corrected chi connectivity index (χ1v) is 10.0. The first-order valence-electron chi connectivity index (χ1n) is 10.0. The highest BCUT2D eigenvalue weighted by Crippen LogP contribution is 2.14. The lowest BCUT2D eigenvalue weighted by atomic mass is 10.0. The SMILES string of the molecule is CCNC(=NCC(C(C)C)N1CCN(C)CC1)NCCCn1cccn1. The van der Waals surface area contributed by atoms with E-state index in [0.717, 1.165) is 64.7 Å². The molecule has 26 heavy (non-hydrogen) atoms. The topological polar surface area (TPSA) is 60.7 Å². The van der Waals surface area contributed by atoms with Crippen LogP contribution in [0.25, 0.3) is 0 Å². The zero-order valence-corrected chi connectivity index (χ0v) is 17.0. The van der Waals surface area contributed by atoms with Crippen LogP contribution in [0, 0.1) is 5.92 Å². The molecule has 2 heterocycles. The molecule has 1 unspecified atom stereocenters. The van der Waals surface area contributed by atoms with Gasteiger partial charge >= 0.3 is 0 Å². The van der Waals surface area contributed by atoms with E-state index in [4.69, 9.17) is 4.99 Å². The van der Waals surface area contributed by atoms with E-state index in [1.165, 1.54) is 0 Å². The van der Waals surface area contributed by atoms with E-state index in [1.54, 1.807) is 0 Å². The smallest absolute Gasteiger partial charge is 0.191 e. The van der Waals surface area contributed by atoms with Crippen LogP contribution in [-0.4, -0.2) is 84.4 Å². The molecular formula is C19H37N7. The molecular weight excluding hydrogens is 326 g/mol. The van der Waals surface area contributed by atoms with E-state index < -0.39 is 0 Å². The van der Waals surface area contributed by atoms with Crippen molar-refractivity contribution in [3.8, 4) is 0 Å². The highest BCUT2D eigenvalue weighted by Gasteiger charge is 2.24. The molecule has 1 aromatic heterocycles. The lowest BCUT2D eigenvalue weighted by Crippen LogP contribution is -2.52. The Labute approximate surface area is 158 Å². The van der Waals surface area contributed by atoms with Crippen molar-refractivity contribution < 1.29 is 0 Å². The standard InChI is InChI=1S/C19H37N7/c1-5-20-19(21-8-6-10-26-11-7-9-23-26)22-16-18(17(2)3)25-14-12-24(4)13-15-25/h7,9,11,17-18H,5-6,8,10,12-16H2,1-4H3,(H2,20,21,22). The first kappa shape index (κ1) is 20.7. The van der Waals surface area contributed by atoms with Crippen LogP contribution in [0.5, 0.6) is 0 Å². The highest BCUT2D eigenvalue weighted by molar-refractivity contribution is 5.79. The van der Waals surface area contributed by atoms with E-state index in [9.17, 15) is 0 Å². The Morgan fingerprint density at radius 1 is 1.19 bits per heavy atom. The number of piperazine rings is 1. The molecule has 0 aliphatic carbocycles. The fraction of sp³-hybridized carbons (Fsp3) is 0.789. The number of nitrogens with one attached hydrogen (secondary N) is 2. The summed E-state index contributed by atoms with van der Waals surface area (Å²) in [5.41, 5.74) is 0. The molecule has 1 aromatic rings. The Kier molecular flexibility index (Phi) is 8.91. The summed E-state index contributed by atoms with van der Waals surface area (Å²) in [5.74, 6) is 1.53. The van der Waals surface area contributed by atoms with E-state index in [0.29, 0.717) is 12.0 Å². The number of likely N-dealkylation sites (N-methyl/N-ethyl adjacent to an activating group) is 1. The molecule has 0 bridgehead atoms. The van der Waals surface area contributed by atoms with Crippen LogP contribution in [0.3, 0.4) is 0 Å². The zero-order chi connectivity index (χ0) is 18.8. The average Bonchev–Trinajstić information content (AvgIpc) is 3.13. The summed E-state index contributed by atoms with van der Waals surface area (Å²) in [7, 11) is 2.20. The average molecular weight is 364 g/mol. The molecule has 1 saturated heterocycles. The molecule has 7 heteroatoms. The van der Waals surface area contributed by atoms with Crippen LogP contribution >= 0.6 is 0 Å². The summed E-state index contributed by atoms with van der Waals surface area (Å²) in [4.78, 5) is 9.89. The number of nitrogens with zero attached hydrogens (tertiary/aromatic N) is 5. The zero-order valence-electron chi connectivity index (χ0n) is 17.0. The van der Waals surface area contributed by atoms with Crippen molar-refractivity contribution in [1.82, 2.24) is 30.2 Å². The van der Waals surface area contributed by atoms with Crippen LogP contribution in [0.1, 0.15) is 27.2 Å². The van der Waals surface area contributed by atoms with Gasteiger partial charge in [0.2, 0.25) is 0 Å². The van der Waals surface area contributed by atoms with Crippen LogP contribution in [0.4, 0.5) is 0 Å². The van der Waals surface area contributed by atoms with E-state index >= 15 is 0 Å². The molecule has 0 amide bonds. The largest absolute Gasteiger partial charge is 0.357 e. The Balaban J connectivity index is 1.82. The van der Waals surface area contributed by atoms with E-state index in [2.05, 4.69) is 53.4 Å². The number of aryl methyl sites for hydroxylation is 1. The van der Waals surface area contributed by atoms with Crippen molar-refractivity contribution in [3.05, 3.63) is 18.5 Å². The maximum atomic E-state index is 4.88. The van der Waals surface area contributed by atoms with Gasteiger partial charge in [0.1, 0.15) is 0 Å². The van der Waals surface area contributed by atoms with Gasteiger partial charge in [0.15, 0.2) is 5.96 Å². The van der Waals surface area contributed by atoms with Crippen molar-refractivity contribution in [3.63, 3.8) is 0 Å². The summed E-state index contributed by atoms with van der Waals surface area (Å²) in [5, 5.41) is 11.1. The van der Waals surface area contributed by atoms with Gasteiger partial charge in [-0.25, -0.2) is 0 Å². The Morgan fingerprint density at radius 3 is 2.58 bits per heavy atom. The predicted molar refractivity (Wildman–Crippen MR) is 109 cm³/mol. The monoisotopic (exact) mass is 363 g/mol. The van der Waals surface area contributed by atoms with Crippen molar-refractivity contribution in [2.75, 3.05) is 52.9 Å². The second kappa shape index (κ2) is 11.2. The number of guanidine groups is 1.